The van der Waals surface area contributed by atoms with Crippen molar-refractivity contribution in [2.75, 3.05) is 13.2 Å². The Morgan fingerprint density at radius 3 is 1.62 bits per heavy atom. The van der Waals surface area contributed by atoms with Crippen molar-refractivity contribution >= 4 is 35.5 Å². The van der Waals surface area contributed by atoms with Gasteiger partial charge in [-0.3, -0.25) is 19.2 Å². The predicted molar refractivity (Wildman–Crippen MR) is 217 cm³/mol. The van der Waals surface area contributed by atoms with Gasteiger partial charge in [-0.1, -0.05) is 156 Å². The maximum Gasteiger partial charge on any atom is 0.306 e. The molecule has 0 atom stereocenters. The van der Waals surface area contributed by atoms with Crippen LogP contribution in [0.15, 0.2) is 104 Å². The average molecular weight is 789 g/mol. The second kappa shape index (κ2) is 26.0. The molecule has 0 saturated heterocycles. The molecule has 0 radical (unpaired) electrons. The Morgan fingerprint density at radius 1 is 0.661 bits per heavy atom. The van der Waals surface area contributed by atoms with E-state index in [2.05, 4.69) is 78.0 Å². The fourth-order valence-corrected chi connectivity index (χ4v) is 6.59. The first-order chi connectivity index (χ1) is 27.2. The van der Waals surface area contributed by atoms with Gasteiger partial charge in [0.25, 0.3) is 0 Å². The molecule has 0 fully saturated rings. The minimum atomic E-state index is -1.11. The van der Waals surface area contributed by atoms with E-state index >= 15 is 0 Å². The molecule has 302 valence electrons. The number of aromatic nitrogens is 2. The van der Waals surface area contributed by atoms with Gasteiger partial charge >= 0.3 is 23.9 Å². The standard InChI is InChI=1S/C23H40O8.C22H17ClN2/c1-3-5-7-9-11-13-21(26)29-17-19(31-23(28)16-15-20(24)25)18-30-22(27)14-12-10-8-6-4-2;23-21-14-8-7-13-20(21)22(25-16-15-24-17-25,18-9-3-1-4-10-18)19-11-5-2-6-12-19/h19H,3-18H2,1-2H3,(H,24,25);1-17H. The maximum absolute atomic E-state index is 11.9. The zero-order valence-electron chi connectivity index (χ0n) is 32.8. The summed E-state index contributed by atoms with van der Waals surface area (Å²) < 4.78 is 17.6. The fraction of sp³-hybridized carbons (Fsp3) is 0.444. The molecule has 0 aliphatic heterocycles. The Bertz CT molecular complexity index is 1650. The zero-order chi connectivity index (χ0) is 40.4. The summed E-state index contributed by atoms with van der Waals surface area (Å²) in [6, 6.07) is 28.8. The number of halogens is 1. The third-order valence-corrected chi connectivity index (χ3v) is 9.54. The number of rotatable bonds is 24. The third kappa shape index (κ3) is 15.3. The predicted octanol–water partition coefficient (Wildman–Crippen LogP) is 9.95. The molecule has 10 nitrogen and oxygen atoms in total. The number of ether oxygens (including phenoxy) is 3. The van der Waals surface area contributed by atoms with E-state index in [-0.39, 0.29) is 38.9 Å². The van der Waals surface area contributed by atoms with E-state index in [1.54, 1.807) is 6.20 Å². The Kier molecular flexibility index (Phi) is 21.1. The van der Waals surface area contributed by atoms with Gasteiger partial charge in [0.05, 0.1) is 19.2 Å². The van der Waals surface area contributed by atoms with Crippen LogP contribution in [0.4, 0.5) is 0 Å². The largest absolute Gasteiger partial charge is 0.481 e. The Hall–Kier alpha value is -4.96. The number of carboxylic acid groups (broad SMARTS) is 1. The molecule has 0 bridgehead atoms. The minimum Gasteiger partial charge on any atom is -0.481 e. The first-order valence-corrected chi connectivity index (χ1v) is 20.2. The van der Waals surface area contributed by atoms with Gasteiger partial charge in [-0.05, 0) is 30.0 Å². The number of esters is 3. The molecule has 0 saturated carbocycles. The molecule has 1 aromatic heterocycles. The van der Waals surface area contributed by atoms with Crippen LogP contribution in [0.1, 0.15) is 120 Å². The number of benzene rings is 3. The first kappa shape index (κ1) is 45.4. The quantitative estimate of drug-likeness (QED) is 0.0319. The van der Waals surface area contributed by atoms with Crippen molar-refractivity contribution in [1.82, 2.24) is 9.55 Å². The molecule has 1 heterocycles. The van der Waals surface area contributed by atoms with Crippen LogP contribution in [0, 0.1) is 0 Å². The van der Waals surface area contributed by atoms with Crippen molar-refractivity contribution < 1.29 is 38.5 Å². The lowest BCUT2D eigenvalue weighted by molar-refractivity contribution is -0.167. The molecule has 0 amide bonds. The van der Waals surface area contributed by atoms with E-state index in [0.29, 0.717) is 0 Å². The lowest BCUT2D eigenvalue weighted by Crippen LogP contribution is -2.37. The zero-order valence-corrected chi connectivity index (χ0v) is 33.5. The first-order valence-electron chi connectivity index (χ1n) is 19.8. The van der Waals surface area contributed by atoms with Gasteiger partial charge in [-0.15, -0.1) is 0 Å². The maximum atomic E-state index is 11.9. The monoisotopic (exact) mass is 788 g/mol. The summed E-state index contributed by atoms with van der Waals surface area (Å²) in [7, 11) is 0. The molecule has 3 aromatic carbocycles. The number of carboxylic acids is 1. The van der Waals surface area contributed by atoms with Crippen molar-refractivity contribution in [3.63, 3.8) is 0 Å². The minimum absolute atomic E-state index is 0.226. The summed E-state index contributed by atoms with van der Waals surface area (Å²) >= 11 is 6.69. The van der Waals surface area contributed by atoms with Crippen LogP contribution in [0.5, 0.6) is 0 Å². The molecule has 56 heavy (non-hydrogen) atoms. The van der Waals surface area contributed by atoms with Crippen molar-refractivity contribution in [2.24, 2.45) is 0 Å². The highest BCUT2D eigenvalue weighted by Crippen LogP contribution is 2.43. The number of hydrogen-bond donors (Lipinski definition) is 1. The van der Waals surface area contributed by atoms with Gasteiger partial charge in [-0.25, -0.2) is 4.98 Å². The van der Waals surface area contributed by atoms with Gasteiger partial charge in [0.15, 0.2) is 6.10 Å². The Labute approximate surface area is 336 Å². The summed E-state index contributed by atoms with van der Waals surface area (Å²) in [6.45, 7) is 3.78. The van der Waals surface area contributed by atoms with Crippen molar-refractivity contribution in [2.45, 2.75) is 115 Å². The van der Waals surface area contributed by atoms with Crippen LogP contribution in [0.3, 0.4) is 0 Å². The van der Waals surface area contributed by atoms with Crippen molar-refractivity contribution in [3.8, 4) is 0 Å². The van der Waals surface area contributed by atoms with Gasteiger partial charge in [0.2, 0.25) is 0 Å². The number of carbonyl (C=O) groups excluding carboxylic acids is 3. The summed E-state index contributed by atoms with van der Waals surface area (Å²) in [6.07, 6.45) is 14.6. The molecule has 11 heteroatoms. The van der Waals surface area contributed by atoms with Gasteiger partial charge in [0, 0.05) is 35.8 Å². The summed E-state index contributed by atoms with van der Waals surface area (Å²) in [5, 5.41) is 9.40. The smallest absolute Gasteiger partial charge is 0.306 e. The highest BCUT2D eigenvalue weighted by Gasteiger charge is 2.39. The highest BCUT2D eigenvalue weighted by molar-refractivity contribution is 6.31. The molecule has 4 rings (SSSR count). The SMILES string of the molecule is CCCCCCCC(=O)OCC(COC(=O)CCCCCCC)OC(=O)CCC(=O)O.Clc1ccccc1C(c1ccccc1)(c1ccccc1)n1ccnc1. The Balaban J connectivity index is 0.000000305. The van der Waals surface area contributed by atoms with E-state index in [9.17, 15) is 19.2 Å². The molecule has 1 N–H and O–H groups in total. The average Bonchev–Trinajstić information content (AvgIpc) is 3.75. The second-order valence-electron chi connectivity index (χ2n) is 13.6. The second-order valence-corrected chi connectivity index (χ2v) is 14.0. The molecule has 0 spiro atoms. The van der Waals surface area contributed by atoms with E-state index in [1.165, 1.54) is 0 Å². The number of unbranched alkanes of at least 4 members (excludes halogenated alkanes) is 8. The van der Waals surface area contributed by atoms with Crippen LogP contribution in [0.2, 0.25) is 5.02 Å². The normalized spacial score (nSPS) is 11.0. The molecular weight excluding hydrogens is 732 g/mol. The van der Waals surface area contributed by atoms with E-state index in [4.69, 9.17) is 30.9 Å². The lowest BCUT2D eigenvalue weighted by atomic mass is 9.76. The molecule has 0 aliphatic rings. The van der Waals surface area contributed by atoms with E-state index in [1.807, 2.05) is 42.9 Å². The topological polar surface area (TPSA) is 134 Å². The summed E-state index contributed by atoms with van der Waals surface area (Å²) in [5.41, 5.74) is 2.70. The van der Waals surface area contributed by atoms with E-state index in [0.717, 1.165) is 85.9 Å². The number of carbonyl (C=O) groups is 4. The van der Waals surface area contributed by atoms with Gasteiger partial charge in [0.1, 0.15) is 18.8 Å². The number of nitrogens with zero attached hydrogens (tertiary/aromatic N) is 2. The Morgan fingerprint density at radius 2 is 1.16 bits per heavy atom. The van der Waals surface area contributed by atoms with Crippen LogP contribution in [-0.2, 0) is 38.9 Å². The van der Waals surface area contributed by atoms with Gasteiger partial charge < -0.3 is 23.9 Å². The highest BCUT2D eigenvalue weighted by atomic mass is 35.5. The van der Waals surface area contributed by atoms with Gasteiger partial charge in [-0.2, -0.15) is 0 Å². The van der Waals surface area contributed by atoms with Crippen molar-refractivity contribution in [3.05, 3.63) is 125 Å². The van der Waals surface area contributed by atoms with Crippen LogP contribution < -0.4 is 0 Å². The molecule has 0 aliphatic carbocycles. The molecular formula is C45H57ClN2O8. The van der Waals surface area contributed by atoms with Crippen LogP contribution in [-0.4, -0.2) is 57.9 Å². The van der Waals surface area contributed by atoms with Crippen molar-refractivity contribution in [1.29, 1.82) is 0 Å². The third-order valence-electron chi connectivity index (χ3n) is 9.21. The van der Waals surface area contributed by atoms with E-state index < -0.39 is 35.5 Å². The lowest BCUT2D eigenvalue weighted by Gasteiger charge is -2.37. The van der Waals surface area contributed by atoms with Crippen LogP contribution in [0.25, 0.3) is 0 Å². The molecule has 0 unspecified atom stereocenters. The van der Waals surface area contributed by atoms with Crippen LogP contribution >= 0.6 is 11.6 Å². The number of aliphatic carboxylic acids is 1. The number of imidazole rings is 1. The summed E-state index contributed by atoms with van der Waals surface area (Å²) in [5.74, 6) is -2.65. The summed E-state index contributed by atoms with van der Waals surface area (Å²) in [4.78, 5) is 50.5. The number of hydrogen-bond acceptors (Lipinski definition) is 8. The molecule has 4 aromatic rings. The fourth-order valence-electron chi connectivity index (χ4n) is 6.32.